The lowest BCUT2D eigenvalue weighted by Gasteiger charge is -2.32. The zero-order chi connectivity index (χ0) is 12.9. The summed E-state index contributed by atoms with van der Waals surface area (Å²) in [7, 11) is 0. The highest BCUT2D eigenvalue weighted by Gasteiger charge is 2.45. The molecule has 0 aromatic rings. The first-order chi connectivity index (χ1) is 9.30. The molecular weight excluding hydrogens is 234 g/mol. The highest BCUT2D eigenvalue weighted by molar-refractivity contribution is 5.03. The van der Waals surface area contributed by atoms with E-state index in [9.17, 15) is 0 Å². The molecular formula is C16H29N3. The fraction of sp³-hybridized carbons (Fsp3) is 1.00. The molecule has 0 bridgehead atoms. The van der Waals surface area contributed by atoms with E-state index in [1.54, 1.807) is 0 Å². The van der Waals surface area contributed by atoms with E-state index in [1.165, 1.54) is 64.6 Å². The molecule has 3 aliphatic carbocycles. The molecule has 0 aromatic carbocycles. The number of nitrogens with two attached hydrogens (primary N) is 1. The highest BCUT2D eigenvalue weighted by Crippen LogP contribution is 2.49. The van der Waals surface area contributed by atoms with E-state index in [4.69, 9.17) is 5.73 Å². The highest BCUT2D eigenvalue weighted by atomic mass is 15.3. The number of rotatable bonds is 7. The minimum absolute atomic E-state index is 0.241. The third-order valence-corrected chi connectivity index (χ3v) is 6.01. The summed E-state index contributed by atoms with van der Waals surface area (Å²) in [5.74, 6) is 3.07. The summed E-state index contributed by atoms with van der Waals surface area (Å²) in [5.41, 5.74) is 6.37. The minimum Gasteiger partial charge on any atom is -0.329 e. The van der Waals surface area contributed by atoms with E-state index in [1.807, 2.05) is 0 Å². The maximum absolute atomic E-state index is 6.13. The third kappa shape index (κ3) is 2.70. The average Bonchev–Trinajstić information content (AvgIpc) is 3.24. The van der Waals surface area contributed by atoms with Gasteiger partial charge in [0.15, 0.2) is 0 Å². The Kier molecular flexibility index (Phi) is 3.13. The Morgan fingerprint density at radius 1 is 1.11 bits per heavy atom. The summed E-state index contributed by atoms with van der Waals surface area (Å²) in [6.07, 6.45) is 10.1. The van der Waals surface area contributed by atoms with Crippen molar-refractivity contribution >= 4 is 0 Å². The van der Waals surface area contributed by atoms with Gasteiger partial charge in [0.25, 0.3) is 0 Å². The molecule has 108 valence electrons. The molecule has 0 aromatic heterocycles. The van der Waals surface area contributed by atoms with Crippen molar-refractivity contribution in [3.8, 4) is 0 Å². The van der Waals surface area contributed by atoms with Gasteiger partial charge in [0, 0.05) is 31.2 Å². The Balaban J connectivity index is 1.34. The second-order valence-electron chi connectivity index (χ2n) is 7.66. The number of likely N-dealkylation sites (tertiary alicyclic amines) is 1. The minimum atomic E-state index is 0.241. The van der Waals surface area contributed by atoms with Crippen molar-refractivity contribution in [2.75, 3.05) is 26.2 Å². The van der Waals surface area contributed by atoms with Crippen molar-refractivity contribution in [1.29, 1.82) is 0 Å². The molecule has 1 saturated heterocycles. The normalized spacial score (nSPS) is 36.3. The van der Waals surface area contributed by atoms with Crippen LogP contribution in [0.5, 0.6) is 0 Å². The van der Waals surface area contributed by atoms with Gasteiger partial charge in [-0.3, -0.25) is 4.90 Å². The molecule has 1 atom stereocenters. The van der Waals surface area contributed by atoms with Crippen LogP contribution in [0.3, 0.4) is 0 Å². The Bertz CT molecular complexity index is 321. The Labute approximate surface area is 117 Å². The molecule has 1 unspecified atom stereocenters. The van der Waals surface area contributed by atoms with E-state index in [0.717, 1.165) is 30.3 Å². The lowest BCUT2D eigenvalue weighted by molar-refractivity contribution is 0.254. The lowest BCUT2D eigenvalue weighted by Crippen LogP contribution is -2.54. The standard InChI is InChI=1S/C16H29N3/c17-10-16(7-8-19(11-16)14-5-6-14)18-9-15(12-1-2-12)13-3-4-13/h12-15,18H,1-11,17H2. The van der Waals surface area contributed by atoms with Crippen LogP contribution in [0.4, 0.5) is 0 Å². The first-order valence-electron chi connectivity index (χ1n) is 8.49. The molecule has 3 N–H and O–H groups in total. The maximum atomic E-state index is 6.13. The van der Waals surface area contributed by atoms with Gasteiger partial charge in [-0.1, -0.05) is 0 Å². The molecule has 4 fully saturated rings. The molecule has 4 aliphatic rings. The Morgan fingerprint density at radius 3 is 2.32 bits per heavy atom. The molecule has 3 nitrogen and oxygen atoms in total. The van der Waals surface area contributed by atoms with E-state index in [2.05, 4.69) is 10.2 Å². The smallest absolute Gasteiger partial charge is 0.0445 e. The van der Waals surface area contributed by atoms with Crippen molar-refractivity contribution in [3.05, 3.63) is 0 Å². The van der Waals surface area contributed by atoms with Crippen molar-refractivity contribution in [2.24, 2.45) is 23.5 Å². The first kappa shape index (κ1) is 12.6. The number of hydrogen-bond acceptors (Lipinski definition) is 3. The van der Waals surface area contributed by atoms with Crippen LogP contribution in [0, 0.1) is 17.8 Å². The van der Waals surface area contributed by atoms with Gasteiger partial charge >= 0.3 is 0 Å². The van der Waals surface area contributed by atoms with E-state index < -0.39 is 0 Å². The average molecular weight is 263 g/mol. The second kappa shape index (κ2) is 4.71. The van der Waals surface area contributed by atoms with Crippen LogP contribution in [0.15, 0.2) is 0 Å². The quantitative estimate of drug-likeness (QED) is 0.733. The molecule has 0 amide bonds. The Morgan fingerprint density at radius 2 is 1.79 bits per heavy atom. The van der Waals surface area contributed by atoms with Crippen LogP contribution in [0.2, 0.25) is 0 Å². The molecule has 4 rings (SSSR count). The van der Waals surface area contributed by atoms with Crippen LogP contribution in [0.25, 0.3) is 0 Å². The third-order valence-electron chi connectivity index (χ3n) is 6.01. The van der Waals surface area contributed by atoms with Gasteiger partial charge in [0.1, 0.15) is 0 Å². The van der Waals surface area contributed by atoms with Crippen molar-refractivity contribution < 1.29 is 0 Å². The molecule has 0 spiro atoms. The van der Waals surface area contributed by atoms with Gasteiger partial charge in [-0.25, -0.2) is 0 Å². The molecule has 3 saturated carbocycles. The van der Waals surface area contributed by atoms with Crippen LogP contribution in [0.1, 0.15) is 44.9 Å². The topological polar surface area (TPSA) is 41.3 Å². The van der Waals surface area contributed by atoms with Gasteiger partial charge in [-0.2, -0.15) is 0 Å². The molecule has 1 aliphatic heterocycles. The van der Waals surface area contributed by atoms with Crippen LogP contribution < -0.4 is 11.1 Å². The fourth-order valence-corrected chi connectivity index (χ4v) is 4.14. The summed E-state index contributed by atoms with van der Waals surface area (Å²) in [4.78, 5) is 2.68. The van der Waals surface area contributed by atoms with Crippen LogP contribution >= 0.6 is 0 Å². The van der Waals surface area contributed by atoms with E-state index in [-0.39, 0.29) is 5.54 Å². The fourth-order valence-electron chi connectivity index (χ4n) is 4.14. The van der Waals surface area contributed by atoms with E-state index in [0.29, 0.717) is 0 Å². The van der Waals surface area contributed by atoms with Crippen LogP contribution in [-0.2, 0) is 0 Å². The van der Waals surface area contributed by atoms with Crippen LogP contribution in [-0.4, -0.2) is 42.7 Å². The maximum Gasteiger partial charge on any atom is 0.0445 e. The summed E-state index contributed by atoms with van der Waals surface area (Å²) in [5, 5.41) is 3.93. The second-order valence-corrected chi connectivity index (χ2v) is 7.66. The van der Waals surface area contributed by atoms with Gasteiger partial charge in [0.2, 0.25) is 0 Å². The summed E-state index contributed by atoms with van der Waals surface area (Å²) >= 11 is 0. The SMILES string of the molecule is NCC1(NCC(C2CC2)C2CC2)CCN(C2CC2)C1. The number of nitrogens with one attached hydrogen (secondary N) is 1. The number of hydrogen-bond donors (Lipinski definition) is 2. The lowest BCUT2D eigenvalue weighted by atomic mass is 9.93. The zero-order valence-corrected chi connectivity index (χ0v) is 12.1. The summed E-state index contributed by atoms with van der Waals surface area (Å²) in [6, 6.07) is 0.901. The summed E-state index contributed by atoms with van der Waals surface area (Å²) < 4.78 is 0. The molecule has 0 radical (unpaired) electrons. The zero-order valence-electron chi connectivity index (χ0n) is 12.1. The van der Waals surface area contributed by atoms with Gasteiger partial charge < -0.3 is 11.1 Å². The molecule has 1 heterocycles. The van der Waals surface area contributed by atoms with Gasteiger partial charge in [-0.15, -0.1) is 0 Å². The van der Waals surface area contributed by atoms with Crippen molar-refractivity contribution in [3.63, 3.8) is 0 Å². The monoisotopic (exact) mass is 263 g/mol. The summed E-state index contributed by atoms with van der Waals surface area (Å²) in [6.45, 7) is 4.53. The van der Waals surface area contributed by atoms with E-state index >= 15 is 0 Å². The molecule has 3 heteroatoms. The molecule has 19 heavy (non-hydrogen) atoms. The first-order valence-corrected chi connectivity index (χ1v) is 8.49. The van der Waals surface area contributed by atoms with Gasteiger partial charge in [0.05, 0.1) is 0 Å². The van der Waals surface area contributed by atoms with Crippen molar-refractivity contribution in [2.45, 2.75) is 56.5 Å². The number of nitrogens with zero attached hydrogens (tertiary/aromatic N) is 1. The van der Waals surface area contributed by atoms with Gasteiger partial charge in [-0.05, 0) is 69.2 Å². The predicted molar refractivity (Wildman–Crippen MR) is 77.9 cm³/mol. The van der Waals surface area contributed by atoms with Crippen molar-refractivity contribution in [1.82, 2.24) is 10.2 Å². The Hall–Kier alpha value is -0.120. The largest absolute Gasteiger partial charge is 0.329 e. The predicted octanol–water partition coefficient (Wildman–Crippen LogP) is 1.58.